The number of carbonyl (C=O) groups excluding carboxylic acids is 1. The molecule has 3 rings (SSSR count). The standard InChI is InChI=1S/C21H23N3O2S/c1-3-18(16-7-5-4-6-8-16)20(25)22-21-24-23-19(27-21)14-11-15-9-12-17(26-2)13-10-15/h4-10,12-13,18H,3,11,14H2,1-2H3,(H,22,24,25). The van der Waals surface area contributed by atoms with E-state index >= 15 is 0 Å². The summed E-state index contributed by atoms with van der Waals surface area (Å²) < 4.78 is 5.17. The molecule has 0 spiro atoms. The summed E-state index contributed by atoms with van der Waals surface area (Å²) in [7, 11) is 1.66. The van der Waals surface area contributed by atoms with E-state index in [-0.39, 0.29) is 11.8 Å². The molecule has 0 saturated carbocycles. The molecule has 0 radical (unpaired) electrons. The highest BCUT2D eigenvalue weighted by Gasteiger charge is 2.19. The van der Waals surface area contributed by atoms with Gasteiger partial charge in [0.15, 0.2) is 0 Å². The highest BCUT2D eigenvalue weighted by atomic mass is 32.1. The molecule has 0 bridgehead atoms. The summed E-state index contributed by atoms with van der Waals surface area (Å²) >= 11 is 1.43. The van der Waals surface area contributed by atoms with Gasteiger partial charge in [-0.1, -0.05) is 60.7 Å². The van der Waals surface area contributed by atoms with Gasteiger partial charge < -0.3 is 4.74 Å². The maximum absolute atomic E-state index is 12.6. The third-order valence-electron chi connectivity index (χ3n) is 4.41. The number of aryl methyl sites for hydroxylation is 2. The Morgan fingerprint density at radius 2 is 1.81 bits per heavy atom. The van der Waals surface area contributed by atoms with E-state index in [0.29, 0.717) is 5.13 Å². The van der Waals surface area contributed by atoms with Crippen molar-refractivity contribution in [2.24, 2.45) is 0 Å². The molecule has 0 saturated heterocycles. The lowest BCUT2D eigenvalue weighted by Crippen LogP contribution is -2.20. The Morgan fingerprint density at radius 3 is 2.48 bits per heavy atom. The van der Waals surface area contributed by atoms with Crippen LogP contribution in [0.2, 0.25) is 0 Å². The fourth-order valence-corrected chi connectivity index (χ4v) is 3.64. The van der Waals surface area contributed by atoms with Crippen LogP contribution in [0.3, 0.4) is 0 Å². The number of aromatic nitrogens is 2. The molecule has 6 heteroatoms. The van der Waals surface area contributed by atoms with Crippen LogP contribution in [0.15, 0.2) is 54.6 Å². The molecule has 0 fully saturated rings. The number of hydrogen-bond donors (Lipinski definition) is 1. The first-order valence-corrected chi connectivity index (χ1v) is 9.82. The van der Waals surface area contributed by atoms with Crippen LogP contribution in [0.5, 0.6) is 5.75 Å². The number of anilines is 1. The number of benzene rings is 2. The summed E-state index contributed by atoms with van der Waals surface area (Å²) in [4.78, 5) is 12.6. The summed E-state index contributed by atoms with van der Waals surface area (Å²) in [5.74, 6) is 0.628. The van der Waals surface area contributed by atoms with E-state index in [1.54, 1.807) is 7.11 Å². The van der Waals surface area contributed by atoms with Crippen molar-refractivity contribution in [3.8, 4) is 5.75 Å². The predicted octanol–water partition coefficient (Wildman–Crippen LogP) is 4.46. The van der Waals surface area contributed by atoms with Gasteiger partial charge in [0.2, 0.25) is 11.0 Å². The fourth-order valence-electron chi connectivity index (χ4n) is 2.90. The molecule has 1 N–H and O–H groups in total. The normalized spacial score (nSPS) is 11.8. The van der Waals surface area contributed by atoms with Gasteiger partial charge in [0.25, 0.3) is 0 Å². The van der Waals surface area contributed by atoms with Crippen LogP contribution in [-0.4, -0.2) is 23.2 Å². The van der Waals surface area contributed by atoms with Gasteiger partial charge in [0.05, 0.1) is 13.0 Å². The van der Waals surface area contributed by atoms with Crippen LogP contribution in [0.1, 0.15) is 35.4 Å². The molecule has 5 nitrogen and oxygen atoms in total. The van der Waals surface area contributed by atoms with Gasteiger partial charge in [0, 0.05) is 6.42 Å². The van der Waals surface area contributed by atoms with E-state index in [2.05, 4.69) is 15.5 Å². The Labute approximate surface area is 163 Å². The first kappa shape index (κ1) is 19.0. The van der Waals surface area contributed by atoms with Gasteiger partial charge in [0.1, 0.15) is 10.8 Å². The van der Waals surface area contributed by atoms with Crippen LogP contribution in [0.25, 0.3) is 0 Å². The second-order valence-corrected chi connectivity index (χ2v) is 7.27. The van der Waals surface area contributed by atoms with Gasteiger partial charge >= 0.3 is 0 Å². The lowest BCUT2D eigenvalue weighted by molar-refractivity contribution is -0.117. The number of rotatable bonds is 8. The molecule has 140 valence electrons. The Hall–Kier alpha value is -2.73. The van der Waals surface area contributed by atoms with E-state index in [1.807, 2.05) is 61.5 Å². The molecular weight excluding hydrogens is 358 g/mol. The van der Waals surface area contributed by atoms with Crippen LogP contribution in [-0.2, 0) is 17.6 Å². The first-order chi connectivity index (χ1) is 13.2. The van der Waals surface area contributed by atoms with Crippen LogP contribution < -0.4 is 10.1 Å². The average molecular weight is 382 g/mol. The Morgan fingerprint density at radius 1 is 1.07 bits per heavy atom. The Kier molecular flexibility index (Phi) is 6.54. The summed E-state index contributed by atoms with van der Waals surface area (Å²) in [5, 5.41) is 12.7. The van der Waals surface area contributed by atoms with E-state index in [0.717, 1.165) is 35.6 Å². The van der Waals surface area contributed by atoms with Gasteiger partial charge in [-0.15, -0.1) is 10.2 Å². The smallest absolute Gasteiger partial charge is 0.233 e. The maximum Gasteiger partial charge on any atom is 0.233 e. The molecule has 1 atom stereocenters. The number of nitrogens with one attached hydrogen (secondary N) is 1. The molecule has 1 amide bonds. The zero-order valence-corrected chi connectivity index (χ0v) is 16.3. The number of amides is 1. The molecule has 1 unspecified atom stereocenters. The topological polar surface area (TPSA) is 64.1 Å². The molecule has 3 aromatic rings. The largest absolute Gasteiger partial charge is 0.497 e. The van der Waals surface area contributed by atoms with E-state index < -0.39 is 0 Å². The molecular formula is C21H23N3O2S. The highest BCUT2D eigenvalue weighted by Crippen LogP contribution is 2.23. The number of nitrogens with zero attached hydrogens (tertiary/aromatic N) is 2. The van der Waals surface area contributed by atoms with E-state index in [1.165, 1.54) is 16.9 Å². The zero-order chi connectivity index (χ0) is 19.1. The number of hydrogen-bond acceptors (Lipinski definition) is 5. The average Bonchev–Trinajstić information content (AvgIpc) is 3.15. The van der Waals surface area contributed by atoms with Crippen LogP contribution in [0.4, 0.5) is 5.13 Å². The Balaban J connectivity index is 1.57. The van der Waals surface area contributed by atoms with Crippen LogP contribution in [0, 0.1) is 0 Å². The zero-order valence-electron chi connectivity index (χ0n) is 15.5. The molecule has 27 heavy (non-hydrogen) atoms. The van der Waals surface area contributed by atoms with Gasteiger partial charge in [-0.05, 0) is 36.1 Å². The first-order valence-electron chi connectivity index (χ1n) is 9.00. The number of ether oxygens (including phenoxy) is 1. The molecule has 0 aliphatic carbocycles. The molecule has 1 aromatic heterocycles. The summed E-state index contributed by atoms with van der Waals surface area (Å²) in [5.41, 5.74) is 2.23. The minimum atomic E-state index is -0.183. The van der Waals surface area contributed by atoms with Gasteiger partial charge in [-0.25, -0.2) is 0 Å². The third-order valence-corrected chi connectivity index (χ3v) is 5.31. The summed E-state index contributed by atoms with van der Waals surface area (Å²) in [6.07, 6.45) is 2.39. The van der Waals surface area contributed by atoms with Crippen molar-refractivity contribution in [3.63, 3.8) is 0 Å². The molecule has 0 aliphatic heterocycles. The van der Waals surface area contributed by atoms with Crippen molar-refractivity contribution in [2.75, 3.05) is 12.4 Å². The minimum absolute atomic E-state index is 0.0402. The van der Waals surface area contributed by atoms with E-state index in [9.17, 15) is 4.79 Å². The number of carbonyl (C=O) groups is 1. The number of methoxy groups -OCH3 is 1. The van der Waals surface area contributed by atoms with Crippen molar-refractivity contribution in [1.82, 2.24) is 10.2 Å². The molecule has 1 heterocycles. The van der Waals surface area contributed by atoms with Crippen molar-refractivity contribution in [3.05, 3.63) is 70.7 Å². The SMILES string of the molecule is CCC(C(=O)Nc1nnc(CCc2ccc(OC)cc2)s1)c1ccccc1. The van der Waals surface area contributed by atoms with Gasteiger partial charge in [-0.2, -0.15) is 0 Å². The highest BCUT2D eigenvalue weighted by molar-refractivity contribution is 7.15. The van der Waals surface area contributed by atoms with Crippen molar-refractivity contribution in [2.45, 2.75) is 32.1 Å². The minimum Gasteiger partial charge on any atom is -0.497 e. The van der Waals surface area contributed by atoms with E-state index in [4.69, 9.17) is 4.74 Å². The molecule has 0 aliphatic rings. The lowest BCUT2D eigenvalue weighted by Gasteiger charge is -2.13. The lowest BCUT2D eigenvalue weighted by atomic mass is 9.96. The predicted molar refractivity (Wildman–Crippen MR) is 108 cm³/mol. The van der Waals surface area contributed by atoms with Crippen LogP contribution >= 0.6 is 11.3 Å². The quantitative estimate of drug-likeness (QED) is 0.625. The third kappa shape index (κ3) is 5.14. The van der Waals surface area contributed by atoms with Crippen molar-refractivity contribution >= 4 is 22.4 Å². The van der Waals surface area contributed by atoms with Crippen molar-refractivity contribution in [1.29, 1.82) is 0 Å². The second-order valence-electron chi connectivity index (χ2n) is 6.21. The van der Waals surface area contributed by atoms with Crippen molar-refractivity contribution < 1.29 is 9.53 Å². The molecule has 2 aromatic carbocycles. The van der Waals surface area contributed by atoms with Gasteiger partial charge in [-0.3, -0.25) is 10.1 Å². The monoisotopic (exact) mass is 381 g/mol. The summed E-state index contributed by atoms with van der Waals surface area (Å²) in [6.45, 7) is 2.01. The summed E-state index contributed by atoms with van der Waals surface area (Å²) in [6, 6.07) is 17.8. The Bertz CT molecular complexity index is 863. The second kappa shape index (κ2) is 9.28. The fraction of sp³-hybridized carbons (Fsp3) is 0.286. The maximum atomic E-state index is 12.6.